The molecule has 0 radical (unpaired) electrons. The van der Waals surface area contributed by atoms with Gasteiger partial charge in [0.25, 0.3) is 0 Å². The Hall–Kier alpha value is -1.49. The summed E-state index contributed by atoms with van der Waals surface area (Å²) in [4.78, 5) is 22.6. The fourth-order valence-corrected chi connectivity index (χ4v) is 1.99. The zero-order chi connectivity index (χ0) is 12.1. The van der Waals surface area contributed by atoms with Crippen LogP contribution in [0.15, 0.2) is 29.2 Å². The van der Waals surface area contributed by atoms with Crippen LogP contribution in [0.5, 0.6) is 0 Å². The molecule has 0 aliphatic heterocycles. The maximum Gasteiger partial charge on any atom is 0.335 e. The second kappa shape index (κ2) is 5.55. The number of carboxylic acids is 1. The van der Waals surface area contributed by atoms with E-state index in [0.29, 0.717) is 0 Å². The van der Waals surface area contributed by atoms with E-state index in [0.717, 1.165) is 4.90 Å². The van der Waals surface area contributed by atoms with Crippen LogP contribution in [0.4, 0.5) is 0 Å². The normalized spacial score (nSPS) is 11.9. The fraction of sp³-hybridized carbons (Fsp3) is 0.273. The lowest BCUT2D eigenvalue weighted by Crippen LogP contribution is -2.14. The van der Waals surface area contributed by atoms with Crippen molar-refractivity contribution < 1.29 is 19.4 Å². The molecule has 1 unspecified atom stereocenters. The van der Waals surface area contributed by atoms with Crippen LogP contribution in [0.3, 0.4) is 0 Å². The van der Waals surface area contributed by atoms with Gasteiger partial charge >= 0.3 is 11.9 Å². The van der Waals surface area contributed by atoms with Crippen LogP contribution in [0, 0.1) is 0 Å². The van der Waals surface area contributed by atoms with E-state index in [9.17, 15) is 9.59 Å². The van der Waals surface area contributed by atoms with Gasteiger partial charge in [0, 0.05) is 4.90 Å². The molecule has 0 amide bonds. The van der Waals surface area contributed by atoms with E-state index >= 15 is 0 Å². The van der Waals surface area contributed by atoms with Gasteiger partial charge in [-0.05, 0) is 31.2 Å². The van der Waals surface area contributed by atoms with Crippen LogP contribution in [0.2, 0.25) is 0 Å². The second-order valence-corrected chi connectivity index (χ2v) is 4.53. The molecule has 0 fully saturated rings. The molecule has 16 heavy (non-hydrogen) atoms. The number of esters is 1. The molecule has 4 nitrogen and oxygen atoms in total. The highest BCUT2D eigenvalue weighted by molar-refractivity contribution is 8.00. The van der Waals surface area contributed by atoms with Crippen molar-refractivity contribution in [2.24, 2.45) is 0 Å². The standard InChI is InChI=1S/C11H12O4S/c1-7(11(14)15-2)16-9-5-3-8(4-6-9)10(12)13/h3-7H,1-2H3,(H,12,13). The highest BCUT2D eigenvalue weighted by atomic mass is 32.2. The third-order valence-electron chi connectivity index (χ3n) is 1.95. The molecular weight excluding hydrogens is 228 g/mol. The van der Waals surface area contributed by atoms with E-state index in [1.165, 1.54) is 31.0 Å². The number of rotatable bonds is 4. The first-order valence-corrected chi connectivity index (χ1v) is 5.50. The average molecular weight is 240 g/mol. The van der Waals surface area contributed by atoms with E-state index in [1.54, 1.807) is 19.1 Å². The predicted molar refractivity (Wildman–Crippen MR) is 60.7 cm³/mol. The largest absolute Gasteiger partial charge is 0.478 e. The molecule has 0 saturated heterocycles. The van der Waals surface area contributed by atoms with Gasteiger partial charge in [0.15, 0.2) is 0 Å². The number of carboxylic acid groups (broad SMARTS) is 1. The predicted octanol–water partition coefficient (Wildman–Crippen LogP) is 2.04. The highest BCUT2D eigenvalue weighted by Gasteiger charge is 2.14. The summed E-state index contributed by atoms with van der Waals surface area (Å²) in [5, 5.41) is 8.40. The summed E-state index contributed by atoms with van der Waals surface area (Å²) in [5.74, 6) is -1.26. The molecule has 0 aliphatic rings. The molecule has 1 atom stereocenters. The van der Waals surface area contributed by atoms with Crippen molar-refractivity contribution in [2.75, 3.05) is 7.11 Å². The molecule has 0 bridgehead atoms. The van der Waals surface area contributed by atoms with E-state index in [2.05, 4.69) is 4.74 Å². The lowest BCUT2D eigenvalue weighted by atomic mass is 10.2. The minimum atomic E-state index is -0.961. The number of hydrogen-bond acceptors (Lipinski definition) is 4. The first-order valence-electron chi connectivity index (χ1n) is 4.62. The van der Waals surface area contributed by atoms with Gasteiger partial charge in [0.05, 0.1) is 12.7 Å². The number of hydrogen-bond donors (Lipinski definition) is 1. The van der Waals surface area contributed by atoms with Gasteiger partial charge in [-0.2, -0.15) is 0 Å². The topological polar surface area (TPSA) is 63.6 Å². The molecule has 5 heteroatoms. The summed E-state index contributed by atoms with van der Waals surface area (Å²) >= 11 is 1.33. The minimum absolute atomic E-state index is 0.232. The van der Waals surface area contributed by atoms with Crippen LogP contribution in [0.1, 0.15) is 17.3 Å². The van der Waals surface area contributed by atoms with Crippen molar-refractivity contribution in [2.45, 2.75) is 17.1 Å². The van der Waals surface area contributed by atoms with Gasteiger partial charge in [-0.3, -0.25) is 4.79 Å². The van der Waals surface area contributed by atoms with E-state index in [1.807, 2.05) is 0 Å². The molecule has 0 spiro atoms. The van der Waals surface area contributed by atoms with E-state index < -0.39 is 5.97 Å². The monoisotopic (exact) mass is 240 g/mol. The maximum absolute atomic E-state index is 11.2. The van der Waals surface area contributed by atoms with Crippen molar-refractivity contribution in [3.05, 3.63) is 29.8 Å². The fourth-order valence-electron chi connectivity index (χ4n) is 1.09. The Morgan fingerprint density at radius 3 is 2.31 bits per heavy atom. The number of carbonyl (C=O) groups is 2. The van der Waals surface area contributed by atoms with Crippen LogP contribution < -0.4 is 0 Å². The molecule has 1 aromatic carbocycles. The van der Waals surface area contributed by atoms with Crippen molar-refractivity contribution in [1.82, 2.24) is 0 Å². The van der Waals surface area contributed by atoms with Crippen LogP contribution in [0.25, 0.3) is 0 Å². The maximum atomic E-state index is 11.2. The number of benzene rings is 1. The number of ether oxygens (including phenoxy) is 1. The van der Waals surface area contributed by atoms with Crippen molar-refractivity contribution >= 4 is 23.7 Å². The zero-order valence-electron chi connectivity index (χ0n) is 8.97. The van der Waals surface area contributed by atoms with E-state index in [-0.39, 0.29) is 16.8 Å². The zero-order valence-corrected chi connectivity index (χ0v) is 9.78. The lowest BCUT2D eigenvalue weighted by Gasteiger charge is -2.08. The van der Waals surface area contributed by atoms with Crippen LogP contribution in [-0.2, 0) is 9.53 Å². The molecule has 0 heterocycles. The van der Waals surface area contributed by atoms with Gasteiger partial charge in [-0.25, -0.2) is 4.79 Å². The third kappa shape index (κ3) is 3.27. The Balaban J connectivity index is 2.68. The smallest absolute Gasteiger partial charge is 0.335 e. The summed E-state index contributed by atoms with van der Waals surface area (Å²) in [6.45, 7) is 1.74. The second-order valence-electron chi connectivity index (χ2n) is 3.11. The summed E-state index contributed by atoms with van der Waals surface area (Å²) in [6.07, 6.45) is 0. The van der Waals surface area contributed by atoms with E-state index in [4.69, 9.17) is 5.11 Å². The summed E-state index contributed by atoms with van der Waals surface area (Å²) < 4.78 is 4.59. The lowest BCUT2D eigenvalue weighted by molar-refractivity contribution is -0.139. The molecule has 1 aromatic rings. The number of carbonyl (C=O) groups excluding carboxylic acids is 1. The third-order valence-corrected chi connectivity index (χ3v) is 3.04. The van der Waals surface area contributed by atoms with Crippen LogP contribution in [-0.4, -0.2) is 29.4 Å². The van der Waals surface area contributed by atoms with Gasteiger partial charge in [-0.1, -0.05) is 0 Å². The van der Waals surface area contributed by atoms with Gasteiger partial charge in [0.1, 0.15) is 5.25 Å². The van der Waals surface area contributed by atoms with Crippen molar-refractivity contribution in [1.29, 1.82) is 0 Å². The quantitative estimate of drug-likeness (QED) is 0.644. The van der Waals surface area contributed by atoms with Crippen molar-refractivity contribution in [3.8, 4) is 0 Å². The minimum Gasteiger partial charge on any atom is -0.478 e. The van der Waals surface area contributed by atoms with Gasteiger partial charge in [0.2, 0.25) is 0 Å². The Labute approximate surface area is 97.6 Å². The molecule has 0 aromatic heterocycles. The average Bonchev–Trinajstić information content (AvgIpc) is 2.28. The molecule has 1 rings (SSSR count). The Kier molecular flexibility index (Phi) is 4.37. The molecule has 0 aliphatic carbocycles. The SMILES string of the molecule is COC(=O)C(C)Sc1ccc(C(=O)O)cc1. The number of thioether (sulfide) groups is 1. The summed E-state index contributed by atoms with van der Waals surface area (Å²) in [7, 11) is 1.34. The van der Waals surface area contributed by atoms with Gasteiger partial charge < -0.3 is 9.84 Å². The Morgan fingerprint density at radius 2 is 1.88 bits per heavy atom. The molecule has 0 saturated carbocycles. The number of methoxy groups -OCH3 is 1. The van der Waals surface area contributed by atoms with Gasteiger partial charge in [-0.15, -0.1) is 11.8 Å². The first-order chi connectivity index (χ1) is 7.54. The Bertz CT molecular complexity index is 385. The summed E-state index contributed by atoms with van der Waals surface area (Å²) in [6, 6.07) is 6.37. The molecular formula is C11H12O4S. The van der Waals surface area contributed by atoms with Crippen LogP contribution >= 0.6 is 11.8 Å². The Morgan fingerprint density at radius 1 is 1.31 bits per heavy atom. The highest BCUT2D eigenvalue weighted by Crippen LogP contribution is 2.24. The molecule has 86 valence electrons. The first kappa shape index (κ1) is 12.6. The summed E-state index contributed by atoms with van der Waals surface area (Å²) in [5.41, 5.74) is 0.232. The molecule has 1 N–H and O–H groups in total. The number of aromatic carboxylic acids is 1. The van der Waals surface area contributed by atoms with Crippen molar-refractivity contribution in [3.63, 3.8) is 0 Å².